The van der Waals surface area contributed by atoms with Crippen LogP contribution in [0.5, 0.6) is 5.75 Å². The number of nitrogens with one attached hydrogen (secondary N) is 2. The number of nitrogens with two attached hydrogens (primary N) is 1. The second kappa shape index (κ2) is 7.55. The average Bonchev–Trinajstić information content (AvgIpc) is 2.57. The number of aromatic hydroxyl groups is 1. The van der Waals surface area contributed by atoms with Gasteiger partial charge in [0.15, 0.2) is 0 Å². The van der Waals surface area contributed by atoms with Gasteiger partial charge in [-0.2, -0.15) is 0 Å². The molecule has 0 aromatic heterocycles. The Morgan fingerprint density at radius 1 is 1.16 bits per heavy atom. The first-order valence-electron chi connectivity index (χ1n) is 8.38. The van der Waals surface area contributed by atoms with Crippen LogP contribution in [0.1, 0.15) is 34.9 Å². The molecule has 0 saturated heterocycles. The van der Waals surface area contributed by atoms with Crippen molar-refractivity contribution in [2.75, 3.05) is 11.9 Å². The van der Waals surface area contributed by atoms with E-state index in [-0.39, 0.29) is 11.3 Å². The van der Waals surface area contributed by atoms with Gasteiger partial charge in [0.1, 0.15) is 5.75 Å². The van der Waals surface area contributed by atoms with Crippen molar-refractivity contribution in [2.24, 2.45) is 5.73 Å². The highest BCUT2D eigenvalue weighted by atomic mass is 16.3. The lowest BCUT2D eigenvalue weighted by atomic mass is 9.86. The molecule has 1 aliphatic carbocycles. The summed E-state index contributed by atoms with van der Waals surface area (Å²) in [6, 6.07) is 15.3. The fraction of sp³-hybridized carbons (Fsp3) is 0.316. The number of aliphatic hydroxyl groups is 1. The monoisotopic (exact) mass is 341 g/mol. The third kappa shape index (κ3) is 4.29. The van der Waals surface area contributed by atoms with Crippen LogP contribution in [0, 0.1) is 0 Å². The fourth-order valence-corrected chi connectivity index (χ4v) is 3.03. The van der Waals surface area contributed by atoms with Crippen LogP contribution in [0.25, 0.3) is 0 Å². The molecule has 2 aromatic rings. The Morgan fingerprint density at radius 3 is 2.56 bits per heavy atom. The number of phenols is 1. The van der Waals surface area contributed by atoms with Gasteiger partial charge in [0.05, 0.1) is 11.7 Å². The van der Waals surface area contributed by atoms with Gasteiger partial charge >= 0.3 is 0 Å². The summed E-state index contributed by atoms with van der Waals surface area (Å²) in [7, 11) is 0. The number of aliphatic hydroxyl groups excluding tert-OH is 1. The molecule has 1 aliphatic rings. The zero-order valence-electron chi connectivity index (χ0n) is 13.9. The first-order valence-corrected chi connectivity index (χ1v) is 8.38. The van der Waals surface area contributed by atoms with E-state index in [1.165, 1.54) is 12.1 Å². The minimum Gasteiger partial charge on any atom is -0.507 e. The highest BCUT2D eigenvalue weighted by molar-refractivity contribution is 5.95. The number of anilines is 1. The lowest BCUT2D eigenvalue weighted by Gasteiger charge is -2.37. The molecule has 3 rings (SSSR count). The molecule has 25 heavy (non-hydrogen) atoms. The molecule has 132 valence electrons. The van der Waals surface area contributed by atoms with Gasteiger partial charge in [-0.25, -0.2) is 0 Å². The van der Waals surface area contributed by atoms with Crippen molar-refractivity contribution in [2.45, 2.75) is 31.0 Å². The van der Waals surface area contributed by atoms with Gasteiger partial charge in [-0.05, 0) is 42.7 Å². The number of carbonyl (C=O) groups excluding carboxylic acids is 1. The van der Waals surface area contributed by atoms with Crippen LogP contribution in [0.2, 0.25) is 0 Å². The van der Waals surface area contributed by atoms with E-state index in [1.54, 1.807) is 6.07 Å². The average molecular weight is 341 g/mol. The summed E-state index contributed by atoms with van der Waals surface area (Å²) < 4.78 is 0. The van der Waals surface area contributed by atoms with E-state index in [9.17, 15) is 15.0 Å². The molecule has 0 radical (unpaired) electrons. The van der Waals surface area contributed by atoms with Gasteiger partial charge in [-0.3, -0.25) is 4.79 Å². The minimum absolute atomic E-state index is 0.0207. The van der Waals surface area contributed by atoms with Crippen LogP contribution in [-0.2, 0) is 0 Å². The number of benzene rings is 2. The molecule has 2 aromatic carbocycles. The van der Waals surface area contributed by atoms with E-state index in [1.807, 2.05) is 30.3 Å². The number of para-hydroxylation sites is 1. The summed E-state index contributed by atoms with van der Waals surface area (Å²) in [5.74, 6) is -0.890. The van der Waals surface area contributed by atoms with Crippen molar-refractivity contribution in [3.63, 3.8) is 0 Å². The van der Waals surface area contributed by atoms with E-state index in [0.29, 0.717) is 24.2 Å². The Kier molecular flexibility index (Phi) is 5.21. The van der Waals surface area contributed by atoms with Crippen LogP contribution in [0.3, 0.4) is 0 Å². The van der Waals surface area contributed by atoms with Crippen LogP contribution in [-0.4, -0.2) is 34.7 Å². The van der Waals surface area contributed by atoms with Gasteiger partial charge in [0, 0.05) is 24.3 Å². The summed E-state index contributed by atoms with van der Waals surface area (Å²) in [5.41, 5.74) is 6.91. The predicted molar refractivity (Wildman–Crippen MR) is 96.5 cm³/mol. The standard InChI is InChI=1S/C19H23N3O3/c20-19(25)16-8-12(6-7-17(16)23)18(24)11-21-14-9-15(10-14)22-13-4-2-1-3-5-13/h1-8,14-15,18,21-24H,9-11H2,(H2,20,25). The fourth-order valence-electron chi connectivity index (χ4n) is 3.03. The molecular weight excluding hydrogens is 318 g/mol. The zero-order chi connectivity index (χ0) is 17.8. The molecule has 0 bridgehead atoms. The Labute approximate surface area is 146 Å². The minimum atomic E-state index is -0.764. The number of hydrogen-bond acceptors (Lipinski definition) is 5. The first kappa shape index (κ1) is 17.3. The van der Waals surface area contributed by atoms with Gasteiger partial charge in [-0.15, -0.1) is 0 Å². The Hall–Kier alpha value is -2.57. The lowest BCUT2D eigenvalue weighted by Crippen LogP contribution is -2.48. The smallest absolute Gasteiger partial charge is 0.252 e. The largest absolute Gasteiger partial charge is 0.507 e. The van der Waals surface area contributed by atoms with Gasteiger partial charge in [0.2, 0.25) is 0 Å². The molecule has 6 heteroatoms. The Morgan fingerprint density at radius 2 is 1.88 bits per heavy atom. The third-order valence-electron chi connectivity index (χ3n) is 4.55. The van der Waals surface area contributed by atoms with Crippen LogP contribution in [0.15, 0.2) is 48.5 Å². The van der Waals surface area contributed by atoms with Crippen LogP contribution >= 0.6 is 0 Å². The zero-order valence-corrected chi connectivity index (χ0v) is 13.9. The third-order valence-corrected chi connectivity index (χ3v) is 4.55. The number of carbonyl (C=O) groups is 1. The number of amides is 1. The second-order valence-electron chi connectivity index (χ2n) is 6.44. The maximum atomic E-state index is 11.3. The topological polar surface area (TPSA) is 108 Å². The number of primary amides is 1. The van der Waals surface area contributed by atoms with Crippen molar-refractivity contribution < 1.29 is 15.0 Å². The van der Waals surface area contributed by atoms with Crippen molar-refractivity contribution in [3.05, 3.63) is 59.7 Å². The van der Waals surface area contributed by atoms with Crippen molar-refractivity contribution in [1.29, 1.82) is 0 Å². The summed E-state index contributed by atoms with van der Waals surface area (Å²) >= 11 is 0. The van der Waals surface area contributed by atoms with Crippen molar-refractivity contribution in [3.8, 4) is 5.75 Å². The van der Waals surface area contributed by atoms with Gasteiger partial charge in [0.25, 0.3) is 5.91 Å². The van der Waals surface area contributed by atoms with Crippen LogP contribution in [0.4, 0.5) is 5.69 Å². The number of hydrogen-bond donors (Lipinski definition) is 5. The van der Waals surface area contributed by atoms with Crippen molar-refractivity contribution >= 4 is 11.6 Å². The quantitative estimate of drug-likeness (QED) is 0.527. The highest BCUT2D eigenvalue weighted by Crippen LogP contribution is 2.26. The summed E-state index contributed by atoms with van der Waals surface area (Å²) in [6.45, 7) is 0.381. The summed E-state index contributed by atoms with van der Waals surface area (Å²) in [4.78, 5) is 11.3. The van der Waals surface area contributed by atoms with Gasteiger partial charge in [-0.1, -0.05) is 24.3 Å². The molecular formula is C19H23N3O3. The van der Waals surface area contributed by atoms with Crippen LogP contribution < -0.4 is 16.4 Å². The first-order chi connectivity index (χ1) is 12.0. The highest BCUT2D eigenvalue weighted by Gasteiger charge is 2.29. The lowest BCUT2D eigenvalue weighted by molar-refractivity contribution is 0.0997. The molecule has 6 N–H and O–H groups in total. The van der Waals surface area contributed by atoms with E-state index in [4.69, 9.17) is 5.73 Å². The van der Waals surface area contributed by atoms with E-state index >= 15 is 0 Å². The Balaban J connectivity index is 1.45. The second-order valence-corrected chi connectivity index (χ2v) is 6.44. The molecule has 0 heterocycles. The number of rotatable bonds is 7. The summed E-state index contributed by atoms with van der Waals surface area (Å²) in [5, 5.41) is 26.7. The van der Waals surface area contributed by atoms with E-state index in [0.717, 1.165) is 18.5 Å². The molecule has 1 amide bonds. The molecule has 1 saturated carbocycles. The SMILES string of the molecule is NC(=O)c1cc(C(O)CNC2CC(Nc3ccccc3)C2)ccc1O. The summed E-state index contributed by atoms with van der Waals surface area (Å²) in [6.07, 6.45) is 1.22. The molecule has 6 nitrogen and oxygen atoms in total. The molecule has 1 unspecified atom stereocenters. The molecule has 0 spiro atoms. The maximum Gasteiger partial charge on any atom is 0.252 e. The Bertz CT molecular complexity index is 730. The normalized spacial score (nSPS) is 20.5. The van der Waals surface area contributed by atoms with Crippen molar-refractivity contribution in [1.82, 2.24) is 5.32 Å². The molecule has 1 atom stereocenters. The molecule has 1 fully saturated rings. The van der Waals surface area contributed by atoms with E-state index < -0.39 is 12.0 Å². The maximum absolute atomic E-state index is 11.3. The predicted octanol–water partition coefficient (Wildman–Crippen LogP) is 1.76. The van der Waals surface area contributed by atoms with Gasteiger partial charge < -0.3 is 26.6 Å². The van der Waals surface area contributed by atoms with E-state index in [2.05, 4.69) is 10.6 Å². The molecule has 0 aliphatic heterocycles.